The Morgan fingerprint density at radius 3 is 2.55 bits per heavy atom. The molecule has 0 fully saturated rings. The summed E-state index contributed by atoms with van der Waals surface area (Å²) in [6, 6.07) is 7.89. The van der Waals surface area contributed by atoms with Crippen molar-refractivity contribution < 1.29 is 4.74 Å². The number of benzene rings is 1. The van der Waals surface area contributed by atoms with E-state index in [9.17, 15) is 0 Å². The van der Waals surface area contributed by atoms with E-state index in [0.29, 0.717) is 11.7 Å². The number of hydrogen-bond acceptors (Lipinski definition) is 6. The van der Waals surface area contributed by atoms with Gasteiger partial charge in [-0.2, -0.15) is 15.0 Å². The van der Waals surface area contributed by atoms with Gasteiger partial charge in [0.2, 0.25) is 11.9 Å². The summed E-state index contributed by atoms with van der Waals surface area (Å²) >= 11 is 0. The van der Waals surface area contributed by atoms with Crippen molar-refractivity contribution in [1.29, 1.82) is 0 Å². The molecule has 0 atom stereocenters. The van der Waals surface area contributed by atoms with Gasteiger partial charge in [-0.3, -0.25) is 0 Å². The van der Waals surface area contributed by atoms with Crippen LogP contribution in [0.3, 0.4) is 0 Å². The van der Waals surface area contributed by atoms with Gasteiger partial charge < -0.3 is 15.4 Å². The largest absolute Gasteiger partial charge is 0.424 e. The Hall–Kier alpha value is -2.37. The summed E-state index contributed by atoms with van der Waals surface area (Å²) in [6.45, 7) is 7.65. The van der Waals surface area contributed by atoms with Crippen LogP contribution in [0, 0.1) is 6.92 Å². The average Bonchev–Trinajstić information content (AvgIpc) is 2.39. The molecule has 6 nitrogen and oxygen atoms in total. The zero-order chi connectivity index (χ0) is 14.5. The predicted molar refractivity (Wildman–Crippen MR) is 79.1 cm³/mol. The van der Waals surface area contributed by atoms with Gasteiger partial charge in [-0.25, -0.2) is 0 Å². The molecule has 1 aromatic carbocycles. The number of nitrogens with two attached hydrogens (primary N) is 1. The number of aromatic nitrogens is 3. The number of nitrogen functional groups attached to an aromatic ring is 1. The van der Waals surface area contributed by atoms with Crippen LogP contribution < -0.4 is 15.4 Å². The smallest absolute Gasteiger partial charge is 0.328 e. The number of hydrogen-bond donors (Lipinski definition) is 1. The average molecular weight is 273 g/mol. The first kappa shape index (κ1) is 14.0. The lowest BCUT2D eigenvalue weighted by atomic mass is 10.2. The van der Waals surface area contributed by atoms with E-state index in [0.717, 1.165) is 18.7 Å². The SMILES string of the molecule is CCN(CC)c1nc(N)nc(Oc2cccc(C)c2)n1. The fourth-order valence-electron chi connectivity index (χ4n) is 1.84. The summed E-state index contributed by atoms with van der Waals surface area (Å²) < 4.78 is 5.65. The van der Waals surface area contributed by atoms with Gasteiger partial charge in [-0.1, -0.05) is 12.1 Å². The lowest BCUT2D eigenvalue weighted by Crippen LogP contribution is -2.25. The Bertz CT molecular complexity index is 584. The molecule has 0 saturated carbocycles. The van der Waals surface area contributed by atoms with E-state index in [-0.39, 0.29) is 12.0 Å². The van der Waals surface area contributed by atoms with E-state index in [1.54, 1.807) is 0 Å². The molecule has 0 spiro atoms. The van der Waals surface area contributed by atoms with E-state index in [1.165, 1.54) is 0 Å². The molecule has 2 aromatic rings. The predicted octanol–water partition coefficient (Wildman–Crippen LogP) is 2.40. The molecule has 1 heterocycles. The number of nitrogens with zero attached hydrogens (tertiary/aromatic N) is 4. The minimum Gasteiger partial charge on any atom is -0.424 e. The molecule has 0 radical (unpaired) electrons. The van der Waals surface area contributed by atoms with Gasteiger partial charge >= 0.3 is 6.01 Å². The first-order chi connectivity index (χ1) is 9.62. The third kappa shape index (κ3) is 3.34. The maximum atomic E-state index is 5.72. The first-order valence-corrected chi connectivity index (χ1v) is 6.63. The van der Waals surface area contributed by atoms with Gasteiger partial charge in [0, 0.05) is 13.1 Å². The molecule has 6 heteroatoms. The maximum absolute atomic E-state index is 5.72. The van der Waals surface area contributed by atoms with Crippen LogP contribution >= 0.6 is 0 Å². The van der Waals surface area contributed by atoms with Gasteiger partial charge in [-0.05, 0) is 38.5 Å². The van der Waals surface area contributed by atoms with E-state index < -0.39 is 0 Å². The summed E-state index contributed by atoms with van der Waals surface area (Å²) in [5, 5.41) is 0. The van der Waals surface area contributed by atoms with Crippen molar-refractivity contribution in [1.82, 2.24) is 15.0 Å². The minimum absolute atomic E-state index is 0.157. The quantitative estimate of drug-likeness (QED) is 0.901. The normalized spacial score (nSPS) is 10.3. The van der Waals surface area contributed by atoms with Crippen LogP contribution in [0.4, 0.5) is 11.9 Å². The maximum Gasteiger partial charge on any atom is 0.328 e. The Morgan fingerprint density at radius 2 is 1.90 bits per heavy atom. The highest BCUT2D eigenvalue weighted by Gasteiger charge is 2.11. The lowest BCUT2D eigenvalue weighted by molar-refractivity contribution is 0.440. The summed E-state index contributed by atoms with van der Waals surface area (Å²) in [5.41, 5.74) is 6.83. The number of aryl methyl sites for hydroxylation is 1. The zero-order valence-corrected chi connectivity index (χ0v) is 12.0. The standard InChI is InChI=1S/C14H19N5O/c1-4-19(5-2)13-16-12(15)17-14(18-13)20-11-8-6-7-10(3)9-11/h6-9H,4-5H2,1-3H3,(H2,15,16,17,18). The van der Waals surface area contributed by atoms with Crippen molar-refractivity contribution in [2.45, 2.75) is 20.8 Å². The van der Waals surface area contributed by atoms with Crippen molar-refractivity contribution >= 4 is 11.9 Å². The Labute approximate surface area is 118 Å². The van der Waals surface area contributed by atoms with Gasteiger partial charge in [0.15, 0.2) is 0 Å². The fourth-order valence-corrected chi connectivity index (χ4v) is 1.84. The van der Waals surface area contributed by atoms with Gasteiger partial charge in [0.25, 0.3) is 0 Å². The molecule has 1 aromatic heterocycles. The number of ether oxygens (including phenoxy) is 1. The minimum atomic E-state index is 0.157. The van der Waals surface area contributed by atoms with E-state index >= 15 is 0 Å². The van der Waals surface area contributed by atoms with Crippen LogP contribution in [0.15, 0.2) is 24.3 Å². The van der Waals surface area contributed by atoms with Crippen molar-refractivity contribution in [3.63, 3.8) is 0 Å². The summed E-state index contributed by atoms with van der Waals surface area (Å²) in [6.07, 6.45) is 0. The van der Waals surface area contributed by atoms with Gasteiger partial charge in [-0.15, -0.1) is 0 Å². The molecule has 2 rings (SSSR count). The first-order valence-electron chi connectivity index (χ1n) is 6.63. The molecular formula is C14H19N5O. The second-order valence-electron chi connectivity index (χ2n) is 4.37. The lowest BCUT2D eigenvalue weighted by Gasteiger charge is -2.18. The molecule has 0 amide bonds. The molecule has 20 heavy (non-hydrogen) atoms. The van der Waals surface area contributed by atoms with Crippen LogP contribution in [0.1, 0.15) is 19.4 Å². The highest BCUT2D eigenvalue weighted by atomic mass is 16.5. The summed E-state index contributed by atoms with van der Waals surface area (Å²) in [7, 11) is 0. The van der Waals surface area contributed by atoms with Crippen molar-refractivity contribution in [3.8, 4) is 11.8 Å². The zero-order valence-electron chi connectivity index (χ0n) is 12.0. The molecule has 0 aliphatic rings. The second-order valence-corrected chi connectivity index (χ2v) is 4.37. The Balaban J connectivity index is 2.28. The molecular weight excluding hydrogens is 254 g/mol. The molecule has 0 aliphatic heterocycles. The fraction of sp³-hybridized carbons (Fsp3) is 0.357. The van der Waals surface area contributed by atoms with Crippen molar-refractivity contribution in [2.24, 2.45) is 0 Å². The molecule has 0 unspecified atom stereocenters. The summed E-state index contributed by atoms with van der Waals surface area (Å²) in [5.74, 6) is 1.37. The van der Waals surface area contributed by atoms with E-state index in [4.69, 9.17) is 10.5 Å². The van der Waals surface area contributed by atoms with Crippen molar-refractivity contribution in [3.05, 3.63) is 29.8 Å². The second kappa shape index (κ2) is 6.18. The van der Waals surface area contributed by atoms with Crippen LogP contribution in [0.5, 0.6) is 11.8 Å². The van der Waals surface area contributed by atoms with E-state index in [1.807, 2.05) is 49.9 Å². The highest BCUT2D eigenvalue weighted by Crippen LogP contribution is 2.21. The molecule has 0 aliphatic carbocycles. The third-order valence-corrected chi connectivity index (χ3v) is 2.87. The monoisotopic (exact) mass is 273 g/mol. The van der Waals surface area contributed by atoms with Crippen LogP contribution in [0.25, 0.3) is 0 Å². The van der Waals surface area contributed by atoms with Crippen LogP contribution in [-0.4, -0.2) is 28.0 Å². The van der Waals surface area contributed by atoms with Crippen LogP contribution in [0.2, 0.25) is 0 Å². The van der Waals surface area contributed by atoms with Gasteiger partial charge in [0.05, 0.1) is 0 Å². The third-order valence-electron chi connectivity index (χ3n) is 2.87. The number of rotatable bonds is 5. The van der Waals surface area contributed by atoms with E-state index in [2.05, 4.69) is 15.0 Å². The summed E-state index contributed by atoms with van der Waals surface area (Å²) in [4.78, 5) is 14.4. The Morgan fingerprint density at radius 1 is 1.15 bits per heavy atom. The Kier molecular flexibility index (Phi) is 4.34. The number of anilines is 2. The molecule has 2 N–H and O–H groups in total. The van der Waals surface area contributed by atoms with Crippen molar-refractivity contribution in [2.75, 3.05) is 23.7 Å². The molecule has 0 bridgehead atoms. The topological polar surface area (TPSA) is 77.2 Å². The molecule has 0 saturated heterocycles. The molecule has 106 valence electrons. The van der Waals surface area contributed by atoms with Crippen LogP contribution in [-0.2, 0) is 0 Å². The highest BCUT2D eigenvalue weighted by molar-refractivity contribution is 5.37. The van der Waals surface area contributed by atoms with Gasteiger partial charge in [0.1, 0.15) is 5.75 Å².